The third-order valence-electron chi connectivity index (χ3n) is 3.67. The second kappa shape index (κ2) is 5.33. The molecule has 0 saturated heterocycles. The molecule has 100 valence electrons. The van der Waals surface area contributed by atoms with Crippen molar-refractivity contribution in [3.8, 4) is 11.4 Å². The highest BCUT2D eigenvalue weighted by molar-refractivity contribution is 9.10. The summed E-state index contributed by atoms with van der Waals surface area (Å²) in [6.45, 7) is 0. The Labute approximate surface area is 120 Å². The van der Waals surface area contributed by atoms with Gasteiger partial charge in [-0.25, -0.2) is 4.98 Å². The zero-order valence-electron chi connectivity index (χ0n) is 10.7. The fraction of sp³-hybridized carbons (Fsp3) is 0.429. The molecule has 0 amide bonds. The lowest BCUT2D eigenvalue weighted by Crippen LogP contribution is -2.06. The van der Waals surface area contributed by atoms with Crippen LogP contribution in [0.1, 0.15) is 43.8 Å². The van der Waals surface area contributed by atoms with E-state index in [4.69, 9.17) is 5.73 Å². The molecule has 2 aromatic rings. The number of nitrogens with one attached hydrogen (secondary N) is 1. The van der Waals surface area contributed by atoms with Gasteiger partial charge >= 0.3 is 0 Å². The highest BCUT2D eigenvalue weighted by Gasteiger charge is 2.19. The van der Waals surface area contributed by atoms with Gasteiger partial charge in [0, 0.05) is 21.6 Å². The van der Waals surface area contributed by atoms with E-state index in [1.165, 1.54) is 32.1 Å². The van der Waals surface area contributed by atoms with Crippen molar-refractivity contribution in [1.82, 2.24) is 15.2 Å². The monoisotopic (exact) mass is 320 g/mol. The first kappa shape index (κ1) is 12.7. The summed E-state index contributed by atoms with van der Waals surface area (Å²) in [7, 11) is 0. The van der Waals surface area contributed by atoms with E-state index in [1.54, 1.807) is 0 Å². The molecule has 0 bridgehead atoms. The van der Waals surface area contributed by atoms with Gasteiger partial charge in [-0.05, 0) is 31.0 Å². The zero-order chi connectivity index (χ0) is 13.2. The lowest BCUT2D eigenvalue weighted by atomic mass is 9.89. The van der Waals surface area contributed by atoms with E-state index in [1.807, 2.05) is 18.2 Å². The van der Waals surface area contributed by atoms with E-state index in [0.717, 1.165) is 21.7 Å². The first-order chi connectivity index (χ1) is 9.22. The van der Waals surface area contributed by atoms with Crippen molar-refractivity contribution >= 4 is 21.6 Å². The second-order valence-electron chi connectivity index (χ2n) is 5.15. The van der Waals surface area contributed by atoms with E-state index >= 15 is 0 Å². The molecule has 1 fully saturated rings. The number of aromatic amines is 1. The van der Waals surface area contributed by atoms with Gasteiger partial charge in [0.15, 0.2) is 5.82 Å². The molecule has 1 aliphatic rings. The number of hydrogen-bond acceptors (Lipinski definition) is 3. The first-order valence-electron chi connectivity index (χ1n) is 6.71. The average molecular weight is 321 g/mol. The van der Waals surface area contributed by atoms with Gasteiger partial charge in [0.25, 0.3) is 0 Å². The maximum atomic E-state index is 5.85. The Hall–Kier alpha value is -1.36. The Morgan fingerprint density at radius 3 is 2.68 bits per heavy atom. The molecular formula is C14H17BrN4. The fourth-order valence-corrected chi connectivity index (χ4v) is 3.21. The Kier molecular flexibility index (Phi) is 3.55. The number of aromatic nitrogens is 3. The lowest BCUT2D eigenvalue weighted by Gasteiger charge is -2.18. The van der Waals surface area contributed by atoms with Crippen LogP contribution in [0, 0.1) is 0 Å². The minimum Gasteiger partial charge on any atom is -0.399 e. The molecule has 1 aliphatic carbocycles. The minimum atomic E-state index is 0.541. The lowest BCUT2D eigenvalue weighted by molar-refractivity contribution is 0.429. The number of anilines is 1. The maximum absolute atomic E-state index is 5.85. The largest absolute Gasteiger partial charge is 0.399 e. The molecule has 0 unspecified atom stereocenters. The predicted octanol–water partition coefficient (Wildman–Crippen LogP) is 3.86. The van der Waals surface area contributed by atoms with E-state index in [-0.39, 0.29) is 0 Å². The molecule has 1 aromatic carbocycles. The Bertz CT molecular complexity index is 552. The van der Waals surface area contributed by atoms with Gasteiger partial charge in [-0.15, -0.1) is 0 Å². The third-order valence-corrected chi connectivity index (χ3v) is 4.13. The van der Waals surface area contributed by atoms with Gasteiger partial charge in [-0.2, -0.15) is 5.10 Å². The molecule has 5 heteroatoms. The summed E-state index contributed by atoms with van der Waals surface area (Å²) in [6, 6.07) is 5.76. The quantitative estimate of drug-likeness (QED) is 0.825. The highest BCUT2D eigenvalue weighted by atomic mass is 79.9. The van der Waals surface area contributed by atoms with Crippen LogP contribution in [0.15, 0.2) is 22.7 Å². The Morgan fingerprint density at radius 1 is 1.16 bits per heavy atom. The van der Waals surface area contributed by atoms with Crippen LogP contribution in [0.25, 0.3) is 11.4 Å². The standard InChI is InChI=1S/C14H17BrN4/c15-11-6-10(7-12(16)8-11)14-17-13(18-19-14)9-4-2-1-3-5-9/h6-9H,1-5,16H2,(H,17,18,19). The van der Waals surface area contributed by atoms with E-state index in [9.17, 15) is 0 Å². The number of benzene rings is 1. The summed E-state index contributed by atoms with van der Waals surface area (Å²) in [5.41, 5.74) is 7.52. The predicted molar refractivity (Wildman–Crippen MR) is 79.8 cm³/mol. The number of nitrogens with two attached hydrogens (primary N) is 1. The van der Waals surface area contributed by atoms with Crippen LogP contribution in [0.4, 0.5) is 5.69 Å². The van der Waals surface area contributed by atoms with Crippen LogP contribution >= 0.6 is 15.9 Å². The number of H-pyrrole nitrogens is 1. The van der Waals surface area contributed by atoms with Gasteiger partial charge in [0.1, 0.15) is 5.82 Å². The number of halogens is 1. The summed E-state index contributed by atoms with van der Waals surface area (Å²) < 4.78 is 0.950. The van der Waals surface area contributed by atoms with Crippen LogP contribution < -0.4 is 5.73 Å². The molecule has 4 nitrogen and oxygen atoms in total. The van der Waals surface area contributed by atoms with Crippen LogP contribution in [-0.4, -0.2) is 15.2 Å². The summed E-state index contributed by atoms with van der Waals surface area (Å²) in [4.78, 5) is 4.64. The van der Waals surface area contributed by atoms with E-state index < -0.39 is 0 Å². The van der Waals surface area contributed by atoms with Crippen molar-refractivity contribution in [3.05, 3.63) is 28.5 Å². The highest BCUT2D eigenvalue weighted by Crippen LogP contribution is 2.32. The summed E-state index contributed by atoms with van der Waals surface area (Å²) in [5.74, 6) is 2.29. The molecule has 1 saturated carbocycles. The van der Waals surface area contributed by atoms with Gasteiger partial charge in [-0.3, -0.25) is 5.10 Å². The number of hydrogen-bond donors (Lipinski definition) is 2. The molecular weight excluding hydrogens is 304 g/mol. The summed E-state index contributed by atoms with van der Waals surface area (Å²) in [6.07, 6.45) is 6.37. The molecule has 1 heterocycles. The molecule has 3 rings (SSSR count). The summed E-state index contributed by atoms with van der Waals surface area (Å²) in [5, 5.41) is 7.43. The van der Waals surface area contributed by atoms with Gasteiger partial charge in [0.05, 0.1) is 0 Å². The van der Waals surface area contributed by atoms with Gasteiger partial charge in [0.2, 0.25) is 0 Å². The Balaban J connectivity index is 1.87. The zero-order valence-corrected chi connectivity index (χ0v) is 12.3. The number of nitrogen functional groups attached to an aromatic ring is 1. The van der Waals surface area contributed by atoms with Crippen LogP contribution in [-0.2, 0) is 0 Å². The van der Waals surface area contributed by atoms with Crippen LogP contribution in [0.2, 0.25) is 0 Å². The number of nitrogens with zero attached hydrogens (tertiary/aromatic N) is 2. The molecule has 3 N–H and O–H groups in total. The molecule has 0 radical (unpaired) electrons. The van der Waals surface area contributed by atoms with Crippen LogP contribution in [0.3, 0.4) is 0 Å². The molecule has 0 spiro atoms. The third kappa shape index (κ3) is 2.81. The second-order valence-corrected chi connectivity index (χ2v) is 6.07. The minimum absolute atomic E-state index is 0.541. The smallest absolute Gasteiger partial charge is 0.181 e. The number of rotatable bonds is 2. The average Bonchev–Trinajstić information content (AvgIpc) is 2.88. The van der Waals surface area contributed by atoms with Crippen LogP contribution in [0.5, 0.6) is 0 Å². The molecule has 0 atom stereocenters. The molecule has 19 heavy (non-hydrogen) atoms. The molecule has 1 aromatic heterocycles. The van der Waals surface area contributed by atoms with Crippen molar-refractivity contribution in [3.63, 3.8) is 0 Å². The van der Waals surface area contributed by atoms with Crippen molar-refractivity contribution in [2.24, 2.45) is 0 Å². The topological polar surface area (TPSA) is 67.6 Å². The van der Waals surface area contributed by atoms with Crippen molar-refractivity contribution < 1.29 is 0 Å². The van der Waals surface area contributed by atoms with Crippen molar-refractivity contribution in [1.29, 1.82) is 0 Å². The normalized spacial score (nSPS) is 16.7. The van der Waals surface area contributed by atoms with E-state index in [2.05, 4.69) is 31.1 Å². The SMILES string of the molecule is Nc1cc(Br)cc(-c2n[nH]c(C3CCCCC3)n2)c1. The van der Waals surface area contributed by atoms with Gasteiger partial charge < -0.3 is 5.73 Å². The van der Waals surface area contributed by atoms with Crippen molar-refractivity contribution in [2.75, 3.05) is 5.73 Å². The Morgan fingerprint density at radius 2 is 1.95 bits per heavy atom. The summed E-state index contributed by atoms with van der Waals surface area (Å²) >= 11 is 3.45. The maximum Gasteiger partial charge on any atom is 0.181 e. The molecule has 0 aliphatic heterocycles. The van der Waals surface area contributed by atoms with E-state index in [0.29, 0.717) is 11.6 Å². The fourth-order valence-electron chi connectivity index (χ4n) is 2.70. The van der Waals surface area contributed by atoms with Crippen molar-refractivity contribution in [2.45, 2.75) is 38.0 Å². The van der Waals surface area contributed by atoms with Gasteiger partial charge in [-0.1, -0.05) is 35.2 Å². The first-order valence-corrected chi connectivity index (χ1v) is 7.50.